The lowest BCUT2D eigenvalue weighted by Crippen LogP contribution is -2.32. The normalized spacial score (nSPS) is 10.8. The molecule has 0 unspecified atom stereocenters. The van der Waals surface area contributed by atoms with Crippen LogP contribution in [-0.2, 0) is 10.1 Å². The Bertz CT molecular complexity index is 161. The highest BCUT2D eigenvalue weighted by atomic mass is 32.2. The van der Waals surface area contributed by atoms with Crippen molar-refractivity contribution in [3.05, 3.63) is 0 Å². The van der Waals surface area contributed by atoms with Crippen LogP contribution in [0, 0.1) is 0 Å². The minimum Gasteiger partial charge on any atom is -0.395 e. The van der Waals surface area contributed by atoms with Crippen molar-refractivity contribution in [2.24, 2.45) is 0 Å². The molecule has 0 bridgehead atoms. The molecule has 0 amide bonds. The smallest absolute Gasteiger partial charge is 0.261 e. The molecule has 4 N–H and O–H groups in total. The molecule has 0 aliphatic carbocycles. The van der Waals surface area contributed by atoms with Gasteiger partial charge in [0.15, 0.2) is 0 Å². The summed E-state index contributed by atoms with van der Waals surface area (Å²) in [5.74, 6) is 0. The molecule has 6 nitrogen and oxygen atoms in total. The Kier molecular flexibility index (Phi) is 8.88. The number of aliphatic hydroxyl groups excluding tert-OH is 2. The molecule has 76 valence electrons. The molecule has 12 heavy (non-hydrogen) atoms. The van der Waals surface area contributed by atoms with E-state index in [9.17, 15) is 8.42 Å². The van der Waals surface area contributed by atoms with Gasteiger partial charge in [-0.2, -0.15) is 8.42 Å². The Labute approximate surface area is 72.0 Å². The maximum atomic E-state index is 9.19. The molecule has 0 aliphatic rings. The van der Waals surface area contributed by atoms with Gasteiger partial charge in [0.1, 0.15) is 0 Å². The van der Waals surface area contributed by atoms with Crippen molar-refractivity contribution in [1.82, 2.24) is 5.32 Å². The summed E-state index contributed by atoms with van der Waals surface area (Å²) in [6.45, 7) is -0.0139. The van der Waals surface area contributed by atoms with E-state index in [1.165, 1.54) is 0 Å². The van der Waals surface area contributed by atoms with E-state index in [1.54, 1.807) is 7.05 Å². The van der Waals surface area contributed by atoms with Crippen molar-refractivity contribution in [2.45, 2.75) is 6.04 Å². The van der Waals surface area contributed by atoms with E-state index >= 15 is 0 Å². The fourth-order valence-corrected chi connectivity index (χ4v) is 0.240. The third-order valence-electron chi connectivity index (χ3n) is 0.849. The van der Waals surface area contributed by atoms with Crippen LogP contribution in [0.1, 0.15) is 0 Å². The summed E-state index contributed by atoms with van der Waals surface area (Å²) < 4.78 is 25.9. The van der Waals surface area contributed by atoms with Crippen molar-refractivity contribution in [3.63, 3.8) is 0 Å². The lowest BCUT2D eigenvalue weighted by molar-refractivity contribution is 0.177. The maximum Gasteiger partial charge on any atom is 0.261 e. The summed E-state index contributed by atoms with van der Waals surface area (Å²) in [7, 11) is -1.98. The van der Waals surface area contributed by atoms with Crippen LogP contribution < -0.4 is 5.32 Å². The lowest BCUT2D eigenvalue weighted by atomic mass is 10.3. The number of hydrogen-bond donors (Lipinski definition) is 4. The van der Waals surface area contributed by atoms with Gasteiger partial charge in [-0.3, -0.25) is 4.55 Å². The van der Waals surface area contributed by atoms with Crippen molar-refractivity contribution in [1.29, 1.82) is 0 Å². The van der Waals surface area contributed by atoms with E-state index in [-0.39, 0.29) is 19.3 Å². The van der Waals surface area contributed by atoms with Crippen LogP contribution >= 0.6 is 0 Å². The summed E-state index contributed by atoms with van der Waals surface area (Å²) >= 11 is 0. The Morgan fingerprint density at radius 2 is 1.58 bits per heavy atom. The van der Waals surface area contributed by atoms with Gasteiger partial charge < -0.3 is 15.5 Å². The first-order chi connectivity index (χ1) is 5.35. The molecule has 0 rings (SSSR count). The van der Waals surface area contributed by atoms with Crippen LogP contribution in [-0.4, -0.2) is 55.7 Å². The van der Waals surface area contributed by atoms with Crippen LogP contribution in [0.5, 0.6) is 0 Å². The lowest BCUT2D eigenvalue weighted by Gasteiger charge is -2.06. The number of hydrogen-bond acceptors (Lipinski definition) is 5. The quantitative estimate of drug-likeness (QED) is 0.396. The van der Waals surface area contributed by atoms with Crippen molar-refractivity contribution in [3.8, 4) is 0 Å². The molecule has 0 aliphatic heterocycles. The molecule has 0 spiro atoms. The van der Waals surface area contributed by atoms with Gasteiger partial charge in [0.2, 0.25) is 0 Å². The molecule has 7 heteroatoms. The largest absolute Gasteiger partial charge is 0.395 e. The maximum absolute atomic E-state index is 9.19. The van der Waals surface area contributed by atoms with E-state index in [4.69, 9.17) is 14.8 Å². The molecule has 0 fully saturated rings. The first-order valence-electron chi connectivity index (χ1n) is 3.16. The van der Waals surface area contributed by atoms with Crippen LogP contribution in [0.4, 0.5) is 0 Å². The first-order valence-corrected chi connectivity index (χ1v) is 5.01. The molecule has 0 saturated heterocycles. The average Bonchev–Trinajstić information content (AvgIpc) is 1.88. The van der Waals surface area contributed by atoms with Crippen LogP contribution in [0.15, 0.2) is 0 Å². The summed E-state index contributed by atoms with van der Waals surface area (Å²) in [5, 5.41) is 19.3. The monoisotopic (exact) mass is 201 g/mol. The van der Waals surface area contributed by atoms with Gasteiger partial charge in [-0.25, -0.2) is 0 Å². The summed E-state index contributed by atoms with van der Waals surface area (Å²) in [5.41, 5.74) is 0. The highest BCUT2D eigenvalue weighted by Gasteiger charge is 1.97. The molecule has 0 aromatic rings. The fraction of sp³-hybridized carbons (Fsp3) is 1.00. The zero-order valence-corrected chi connectivity index (χ0v) is 7.87. The van der Waals surface area contributed by atoms with E-state index in [1.807, 2.05) is 0 Å². The summed E-state index contributed by atoms with van der Waals surface area (Å²) in [4.78, 5) is 0. The predicted octanol–water partition coefficient (Wildman–Crippen LogP) is -1.94. The fourth-order valence-electron chi connectivity index (χ4n) is 0.240. The average molecular weight is 201 g/mol. The van der Waals surface area contributed by atoms with Gasteiger partial charge in [-0.1, -0.05) is 0 Å². The van der Waals surface area contributed by atoms with Gasteiger partial charge in [0.25, 0.3) is 10.1 Å². The topological polar surface area (TPSA) is 107 Å². The Morgan fingerprint density at radius 3 is 1.58 bits per heavy atom. The van der Waals surface area contributed by atoms with E-state index in [0.29, 0.717) is 6.26 Å². The number of rotatable bonds is 3. The van der Waals surface area contributed by atoms with Gasteiger partial charge in [0.05, 0.1) is 25.5 Å². The third-order valence-corrected chi connectivity index (χ3v) is 0.849. The first kappa shape index (κ1) is 14.3. The Hall–Kier alpha value is -0.210. The molecule has 0 heterocycles. The minimum absolute atomic E-state index is 0.00694. The van der Waals surface area contributed by atoms with Crippen molar-refractivity contribution in [2.75, 3.05) is 26.5 Å². The van der Waals surface area contributed by atoms with Gasteiger partial charge in [0, 0.05) is 0 Å². The SMILES string of the molecule is CNC(CO)CO.CS(=O)(=O)O. The molecule has 0 aromatic heterocycles. The molecular formula is C5H15NO5S. The number of likely N-dealkylation sites (N-methyl/N-ethyl adjacent to an activating group) is 1. The van der Waals surface area contributed by atoms with Gasteiger partial charge in [-0.05, 0) is 7.05 Å². The summed E-state index contributed by atoms with van der Waals surface area (Å²) in [6, 6.07) is -0.153. The van der Waals surface area contributed by atoms with E-state index in [2.05, 4.69) is 5.32 Å². The highest BCUT2D eigenvalue weighted by Crippen LogP contribution is 1.72. The summed E-state index contributed by atoms with van der Waals surface area (Å²) in [6.07, 6.45) is 0.715. The number of aliphatic hydroxyl groups is 2. The van der Waals surface area contributed by atoms with Gasteiger partial charge >= 0.3 is 0 Å². The molecule has 0 saturated carbocycles. The molecule has 0 aromatic carbocycles. The van der Waals surface area contributed by atoms with Gasteiger partial charge in [-0.15, -0.1) is 0 Å². The minimum atomic E-state index is -3.67. The highest BCUT2D eigenvalue weighted by molar-refractivity contribution is 7.85. The zero-order chi connectivity index (χ0) is 10.2. The molecule has 0 radical (unpaired) electrons. The molecular weight excluding hydrogens is 186 g/mol. The van der Waals surface area contributed by atoms with E-state index < -0.39 is 10.1 Å². The second-order valence-electron chi connectivity index (χ2n) is 2.08. The second kappa shape index (κ2) is 7.44. The molecule has 0 atom stereocenters. The third kappa shape index (κ3) is 22.6. The Morgan fingerprint density at radius 1 is 1.33 bits per heavy atom. The second-order valence-corrected chi connectivity index (χ2v) is 3.55. The van der Waals surface area contributed by atoms with E-state index in [0.717, 1.165) is 0 Å². The Balaban J connectivity index is 0. The van der Waals surface area contributed by atoms with Crippen LogP contribution in [0.25, 0.3) is 0 Å². The van der Waals surface area contributed by atoms with Crippen molar-refractivity contribution >= 4 is 10.1 Å². The predicted molar refractivity (Wildman–Crippen MR) is 44.5 cm³/mol. The van der Waals surface area contributed by atoms with Crippen LogP contribution in [0.2, 0.25) is 0 Å². The zero-order valence-electron chi connectivity index (χ0n) is 7.06. The van der Waals surface area contributed by atoms with Crippen molar-refractivity contribution < 1.29 is 23.2 Å². The van der Waals surface area contributed by atoms with Crippen LogP contribution in [0.3, 0.4) is 0 Å². The standard InChI is InChI=1S/C4H11NO2.CH4O3S/c1-5-4(2-6)3-7;1-5(2,3)4/h4-7H,2-3H2,1H3;1H3,(H,2,3,4). The number of nitrogens with one attached hydrogen (secondary N) is 1.